The third kappa shape index (κ3) is 4.43. The van der Waals surface area contributed by atoms with Gasteiger partial charge in [-0.3, -0.25) is 5.43 Å². The summed E-state index contributed by atoms with van der Waals surface area (Å²) in [6, 6.07) is 6.50. The van der Waals surface area contributed by atoms with Crippen LogP contribution in [0.25, 0.3) is 0 Å². The van der Waals surface area contributed by atoms with Gasteiger partial charge in [-0.25, -0.2) is 17.7 Å². The fourth-order valence-electron chi connectivity index (χ4n) is 1.31. The van der Waals surface area contributed by atoms with E-state index in [2.05, 4.69) is 10.7 Å². The van der Waals surface area contributed by atoms with Crippen LogP contribution in [-0.4, -0.2) is 51.0 Å². The van der Waals surface area contributed by atoms with Crippen molar-refractivity contribution in [2.24, 2.45) is 0 Å². The van der Waals surface area contributed by atoms with E-state index in [9.17, 15) is 8.42 Å². The Hall–Kier alpha value is -1.22. The van der Waals surface area contributed by atoms with Gasteiger partial charge in [0, 0.05) is 33.9 Å². The molecule has 0 radical (unpaired) electrons. The van der Waals surface area contributed by atoms with Crippen LogP contribution in [-0.2, 0) is 10.0 Å². The average molecular weight is 302 g/mol. The molecule has 1 aromatic carbocycles. The molecule has 0 atom stereocenters. The van der Waals surface area contributed by atoms with Crippen molar-refractivity contribution < 1.29 is 8.42 Å². The summed E-state index contributed by atoms with van der Waals surface area (Å²) in [6.45, 7) is 0. The molecule has 106 valence electrons. The topological polar surface area (TPSA) is 64.7 Å². The van der Waals surface area contributed by atoms with Gasteiger partial charge in [0.15, 0.2) is 5.11 Å². The predicted octanol–water partition coefficient (Wildman–Crippen LogP) is 0.700. The molecule has 8 heteroatoms. The van der Waals surface area contributed by atoms with Crippen LogP contribution in [0.15, 0.2) is 29.2 Å². The van der Waals surface area contributed by atoms with E-state index in [0.29, 0.717) is 10.8 Å². The van der Waals surface area contributed by atoms with E-state index in [4.69, 9.17) is 12.2 Å². The molecule has 0 bridgehead atoms. The molecule has 0 fully saturated rings. The minimum Gasteiger partial charge on any atom is -0.332 e. The Bertz CT molecular complexity index is 556. The van der Waals surface area contributed by atoms with E-state index in [-0.39, 0.29) is 4.90 Å². The lowest BCUT2D eigenvalue weighted by Gasteiger charge is -2.16. The number of hydrogen-bond acceptors (Lipinski definition) is 4. The third-order valence-corrected chi connectivity index (χ3v) is 4.20. The van der Waals surface area contributed by atoms with Crippen LogP contribution in [0.1, 0.15) is 0 Å². The quantitative estimate of drug-likeness (QED) is 0.630. The highest BCUT2D eigenvalue weighted by atomic mass is 32.2. The summed E-state index contributed by atoms with van der Waals surface area (Å²) in [5, 5.41) is 5.00. The molecular formula is C11H18N4O2S2. The molecule has 2 N–H and O–H groups in total. The number of nitrogens with one attached hydrogen (secondary N) is 2. The van der Waals surface area contributed by atoms with Gasteiger partial charge in [-0.15, -0.1) is 0 Å². The first-order chi connectivity index (χ1) is 8.73. The molecule has 0 saturated heterocycles. The molecule has 0 spiro atoms. The van der Waals surface area contributed by atoms with Gasteiger partial charge in [-0.05, 0) is 30.4 Å². The highest BCUT2D eigenvalue weighted by Gasteiger charge is 2.17. The third-order valence-electron chi connectivity index (χ3n) is 2.20. The number of anilines is 1. The molecular weight excluding hydrogens is 284 g/mol. The van der Waals surface area contributed by atoms with Crippen LogP contribution in [0.2, 0.25) is 0 Å². The van der Waals surface area contributed by atoms with Crippen molar-refractivity contribution >= 4 is 33.0 Å². The van der Waals surface area contributed by atoms with Crippen molar-refractivity contribution in [1.82, 2.24) is 14.7 Å². The SMILES string of the molecule is CN(C)NC(=S)Nc1cccc(S(=O)(=O)N(C)C)c1. The summed E-state index contributed by atoms with van der Waals surface area (Å²) in [5.41, 5.74) is 3.48. The number of hydrogen-bond donors (Lipinski definition) is 2. The van der Waals surface area contributed by atoms with Crippen LogP contribution >= 0.6 is 12.2 Å². The average Bonchev–Trinajstić information content (AvgIpc) is 2.27. The van der Waals surface area contributed by atoms with E-state index < -0.39 is 10.0 Å². The minimum atomic E-state index is -3.44. The van der Waals surface area contributed by atoms with Gasteiger partial charge in [-0.1, -0.05) is 6.07 Å². The Labute approximate surface area is 119 Å². The van der Waals surface area contributed by atoms with Crippen LogP contribution in [0, 0.1) is 0 Å². The maximum absolute atomic E-state index is 12.0. The number of sulfonamides is 1. The van der Waals surface area contributed by atoms with E-state index in [1.165, 1.54) is 18.4 Å². The first kappa shape index (κ1) is 15.8. The van der Waals surface area contributed by atoms with Crippen molar-refractivity contribution in [1.29, 1.82) is 0 Å². The number of rotatable bonds is 4. The van der Waals surface area contributed by atoms with E-state index >= 15 is 0 Å². The zero-order valence-electron chi connectivity index (χ0n) is 11.3. The molecule has 0 amide bonds. The monoisotopic (exact) mass is 302 g/mol. The zero-order chi connectivity index (χ0) is 14.6. The Kier molecular flexibility index (Phi) is 5.24. The number of nitrogens with zero attached hydrogens (tertiary/aromatic N) is 2. The highest BCUT2D eigenvalue weighted by molar-refractivity contribution is 7.89. The molecule has 1 rings (SSSR count). The van der Waals surface area contributed by atoms with Gasteiger partial charge in [0.1, 0.15) is 0 Å². The van der Waals surface area contributed by atoms with Crippen molar-refractivity contribution in [2.45, 2.75) is 4.90 Å². The van der Waals surface area contributed by atoms with Gasteiger partial charge < -0.3 is 5.32 Å². The Morgan fingerprint density at radius 2 is 1.84 bits per heavy atom. The normalized spacial score (nSPS) is 11.7. The second-order valence-corrected chi connectivity index (χ2v) is 6.84. The van der Waals surface area contributed by atoms with Crippen molar-refractivity contribution in [3.8, 4) is 0 Å². The van der Waals surface area contributed by atoms with Gasteiger partial charge >= 0.3 is 0 Å². The van der Waals surface area contributed by atoms with E-state index in [0.717, 1.165) is 0 Å². The second-order valence-electron chi connectivity index (χ2n) is 4.28. The van der Waals surface area contributed by atoms with Gasteiger partial charge in [0.05, 0.1) is 4.90 Å². The van der Waals surface area contributed by atoms with E-state index in [1.807, 2.05) is 0 Å². The van der Waals surface area contributed by atoms with Crippen molar-refractivity contribution in [3.05, 3.63) is 24.3 Å². The summed E-state index contributed by atoms with van der Waals surface area (Å²) in [4.78, 5) is 0.218. The molecule has 0 aliphatic carbocycles. The summed E-state index contributed by atoms with van der Waals surface area (Å²) in [6.07, 6.45) is 0. The van der Waals surface area contributed by atoms with E-state index in [1.54, 1.807) is 43.4 Å². The standard InChI is InChI=1S/C11H18N4O2S2/c1-14(2)13-11(18)12-9-6-5-7-10(8-9)19(16,17)15(3)4/h5-8H,1-4H3,(H2,12,13,18). The lowest BCUT2D eigenvalue weighted by Crippen LogP contribution is -2.39. The second kappa shape index (κ2) is 6.29. The first-order valence-electron chi connectivity index (χ1n) is 5.51. The van der Waals surface area contributed by atoms with Gasteiger partial charge in [0.2, 0.25) is 10.0 Å². The fraction of sp³-hybridized carbons (Fsp3) is 0.364. The molecule has 1 aromatic rings. The molecule has 0 aliphatic rings. The van der Waals surface area contributed by atoms with Crippen LogP contribution in [0.4, 0.5) is 5.69 Å². The Morgan fingerprint density at radius 3 is 2.37 bits per heavy atom. The Morgan fingerprint density at radius 1 is 1.21 bits per heavy atom. The van der Waals surface area contributed by atoms with Crippen LogP contribution in [0.3, 0.4) is 0 Å². The van der Waals surface area contributed by atoms with Crippen LogP contribution < -0.4 is 10.7 Å². The molecule has 6 nitrogen and oxygen atoms in total. The maximum Gasteiger partial charge on any atom is 0.242 e. The van der Waals surface area contributed by atoms with Crippen molar-refractivity contribution in [3.63, 3.8) is 0 Å². The number of benzene rings is 1. The van der Waals surface area contributed by atoms with Gasteiger partial charge in [-0.2, -0.15) is 0 Å². The summed E-state index contributed by atoms with van der Waals surface area (Å²) in [5.74, 6) is 0. The number of thiocarbonyl (C=S) groups is 1. The fourth-order valence-corrected chi connectivity index (χ4v) is 2.56. The van der Waals surface area contributed by atoms with Gasteiger partial charge in [0.25, 0.3) is 0 Å². The lowest BCUT2D eigenvalue weighted by atomic mass is 10.3. The minimum absolute atomic E-state index is 0.218. The summed E-state index contributed by atoms with van der Waals surface area (Å²) < 4.78 is 25.1. The van der Waals surface area contributed by atoms with Crippen LogP contribution in [0.5, 0.6) is 0 Å². The molecule has 0 heterocycles. The lowest BCUT2D eigenvalue weighted by molar-refractivity contribution is 0.365. The summed E-state index contributed by atoms with van der Waals surface area (Å²) >= 11 is 5.08. The molecule has 0 aromatic heterocycles. The zero-order valence-corrected chi connectivity index (χ0v) is 13.0. The number of hydrazine groups is 1. The largest absolute Gasteiger partial charge is 0.332 e. The Balaban J connectivity index is 2.93. The first-order valence-corrected chi connectivity index (χ1v) is 7.36. The molecule has 0 unspecified atom stereocenters. The van der Waals surface area contributed by atoms with Crippen molar-refractivity contribution in [2.75, 3.05) is 33.5 Å². The smallest absolute Gasteiger partial charge is 0.242 e. The predicted molar refractivity (Wildman–Crippen MR) is 80.4 cm³/mol. The maximum atomic E-state index is 12.0. The summed E-state index contributed by atoms with van der Waals surface area (Å²) in [7, 11) is 3.16. The molecule has 0 saturated carbocycles. The molecule has 19 heavy (non-hydrogen) atoms. The highest BCUT2D eigenvalue weighted by Crippen LogP contribution is 2.17. The molecule has 0 aliphatic heterocycles.